The van der Waals surface area contributed by atoms with E-state index in [-0.39, 0.29) is 18.5 Å². The van der Waals surface area contributed by atoms with E-state index in [1.165, 1.54) is 11.3 Å². The van der Waals surface area contributed by atoms with Crippen molar-refractivity contribution in [3.05, 3.63) is 22.4 Å². The minimum absolute atomic E-state index is 0.0822. The fourth-order valence-corrected chi connectivity index (χ4v) is 4.81. The number of carbonyl (C=O) groups excluding carboxylic acids is 1. The molecule has 20 heavy (non-hydrogen) atoms. The first-order valence-corrected chi connectivity index (χ1v) is 8.34. The van der Waals surface area contributed by atoms with E-state index in [1.54, 1.807) is 16.2 Å². The molecule has 1 aliphatic carbocycles. The summed E-state index contributed by atoms with van der Waals surface area (Å²) in [6.45, 7) is -0.199. The summed E-state index contributed by atoms with van der Waals surface area (Å²) in [6, 6.07) is 3.97. The molecule has 1 amide bonds. The number of hydrogen-bond acceptors (Lipinski definition) is 4. The van der Waals surface area contributed by atoms with Crippen molar-refractivity contribution in [1.29, 1.82) is 0 Å². The van der Waals surface area contributed by atoms with Crippen molar-refractivity contribution >= 4 is 43.9 Å². The van der Waals surface area contributed by atoms with E-state index in [4.69, 9.17) is 5.11 Å². The molecule has 0 aliphatic heterocycles. The Morgan fingerprint density at radius 2 is 2.05 bits per heavy atom. The van der Waals surface area contributed by atoms with Gasteiger partial charge in [0.05, 0.1) is 4.88 Å². The van der Waals surface area contributed by atoms with Gasteiger partial charge in [-0.3, -0.25) is 9.59 Å². The maximum Gasteiger partial charge on any atom is 0.323 e. The van der Waals surface area contributed by atoms with Crippen molar-refractivity contribution in [2.75, 3.05) is 6.54 Å². The van der Waals surface area contributed by atoms with Gasteiger partial charge >= 0.3 is 5.97 Å². The molecule has 0 aromatic carbocycles. The average Bonchev–Trinajstić information content (AvgIpc) is 3.09. The van der Waals surface area contributed by atoms with Crippen LogP contribution in [0.1, 0.15) is 35.4 Å². The second kappa shape index (κ2) is 5.54. The van der Waals surface area contributed by atoms with E-state index in [1.807, 2.05) is 17.5 Å². The van der Waals surface area contributed by atoms with Crippen LogP contribution in [0, 0.1) is 0 Å². The lowest BCUT2D eigenvalue weighted by Crippen LogP contribution is -2.41. The summed E-state index contributed by atoms with van der Waals surface area (Å²) in [4.78, 5) is 25.8. The van der Waals surface area contributed by atoms with Crippen LogP contribution in [0.25, 0.3) is 9.40 Å². The van der Waals surface area contributed by atoms with Gasteiger partial charge in [-0.2, -0.15) is 0 Å². The third-order valence-corrected chi connectivity index (χ3v) is 5.76. The van der Waals surface area contributed by atoms with E-state index >= 15 is 0 Å². The predicted molar refractivity (Wildman–Crippen MR) is 80.6 cm³/mol. The molecule has 1 N–H and O–H groups in total. The Morgan fingerprint density at radius 1 is 1.30 bits per heavy atom. The van der Waals surface area contributed by atoms with Crippen molar-refractivity contribution in [3.8, 4) is 0 Å². The summed E-state index contributed by atoms with van der Waals surface area (Å²) in [6.07, 6.45) is 3.98. The summed E-state index contributed by atoms with van der Waals surface area (Å²) in [5.41, 5.74) is 0. The fourth-order valence-electron chi connectivity index (χ4n) is 2.74. The lowest BCUT2D eigenvalue weighted by atomic mass is 10.2. The number of fused-ring (bicyclic) bond motifs is 1. The summed E-state index contributed by atoms with van der Waals surface area (Å²) in [7, 11) is 0. The van der Waals surface area contributed by atoms with Gasteiger partial charge in [0.25, 0.3) is 5.91 Å². The topological polar surface area (TPSA) is 57.6 Å². The Hall–Kier alpha value is -1.40. The molecule has 0 bridgehead atoms. The Morgan fingerprint density at radius 3 is 2.70 bits per heavy atom. The van der Waals surface area contributed by atoms with E-state index < -0.39 is 5.97 Å². The van der Waals surface area contributed by atoms with Gasteiger partial charge in [-0.15, -0.1) is 22.7 Å². The SMILES string of the molecule is O=C(O)CN(C(=O)c1cc2sccc2s1)C1CCCC1. The van der Waals surface area contributed by atoms with Crippen LogP contribution in [0.2, 0.25) is 0 Å². The van der Waals surface area contributed by atoms with Gasteiger partial charge in [0.1, 0.15) is 6.54 Å². The molecule has 2 aromatic rings. The van der Waals surface area contributed by atoms with Crippen LogP contribution in [0.3, 0.4) is 0 Å². The predicted octanol–water partition coefficient (Wildman–Crippen LogP) is 3.43. The van der Waals surface area contributed by atoms with Crippen LogP contribution in [-0.2, 0) is 4.79 Å². The molecule has 1 fully saturated rings. The zero-order chi connectivity index (χ0) is 14.1. The molecule has 2 aromatic heterocycles. The zero-order valence-corrected chi connectivity index (χ0v) is 12.5. The van der Waals surface area contributed by atoms with Crippen molar-refractivity contribution in [1.82, 2.24) is 4.90 Å². The van der Waals surface area contributed by atoms with Gasteiger partial charge < -0.3 is 10.0 Å². The van der Waals surface area contributed by atoms with Crippen molar-refractivity contribution < 1.29 is 14.7 Å². The number of amides is 1. The summed E-state index contributed by atoms with van der Waals surface area (Å²) in [5.74, 6) is -1.07. The highest BCUT2D eigenvalue weighted by atomic mass is 32.1. The molecular formula is C14H15NO3S2. The second-order valence-corrected chi connectivity index (χ2v) is 7.06. The third kappa shape index (κ3) is 2.58. The standard InChI is InChI=1S/C14H15NO3S2/c16-13(17)8-15(9-3-1-2-4-9)14(18)12-7-11-10(20-12)5-6-19-11/h5-7,9H,1-4,8H2,(H,16,17). The smallest absolute Gasteiger partial charge is 0.323 e. The number of hydrogen-bond donors (Lipinski definition) is 1. The minimum atomic E-state index is -0.941. The second-order valence-electron chi connectivity index (χ2n) is 5.02. The van der Waals surface area contributed by atoms with Crippen LogP contribution >= 0.6 is 22.7 Å². The molecule has 6 heteroatoms. The fraction of sp³-hybridized carbons (Fsp3) is 0.429. The number of nitrogens with zero attached hydrogens (tertiary/aromatic N) is 1. The summed E-state index contributed by atoms with van der Waals surface area (Å²) < 4.78 is 2.19. The van der Waals surface area contributed by atoms with Gasteiger partial charge in [-0.25, -0.2) is 0 Å². The maximum atomic E-state index is 12.6. The molecule has 0 unspecified atom stereocenters. The van der Waals surface area contributed by atoms with E-state index in [2.05, 4.69) is 0 Å². The molecule has 2 heterocycles. The number of carboxylic acid groups (broad SMARTS) is 1. The van der Waals surface area contributed by atoms with Crippen molar-refractivity contribution in [2.24, 2.45) is 0 Å². The van der Waals surface area contributed by atoms with E-state index in [9.17, 15) is 9.59 Å². The van der Waals surface area contributed by atoms with E-state index in [0.717, 1.165) is 35.1 Å². The minimum Gasteiger partial charge on any atom is -0.480 e. The Kier molecular flexibility index (Phi) is 3.76. The Bertz CT molecular complexity index is 611. The quantitative estimate of drug-likeness (QED) is 0.941. The van der Waals surface area contributed by atoms with Crippen LogP contribution < -0.4 is 0 Å². The molecule has 1 aliphatic rings. The van der Waals surface area contributed by atoms with Gasteiger partial charge in [-0.1, -0.05) is 12.8 Å². The lowest BCUT2D eigenvalue weighted by Gasteiger charge is -2.26. The van der Waals surface area contributed by atoms with Gasteiger partial charge in [0.15, 0.2) is 0 Å². The number of carbonyl (C=O) groups is 2. The highest BCUT2D eigenvalue weighted by molar-refractivity contribution is 7.27. The third-order valence-electron chi connectivity index (χ3n) is 3.68. The number of aliphatic carboxylic acids is 1. The van der Waals surface area contributed by atoms with Crippen LogP contribution in [0.5, 0.6) is 0 Å². The number of carboxylic acids is 1. The van der Waals surface area contributed by atoms with E-state index in [0.29, 0.717) is 4.88 Å². The summed E-state index contributed by atoms with van der Waals surface area (Å²) in [5, 5.41) is 11.1. The molecule has 0 spiro atoms. The largest absolute Gasteiger partial charge is 0.480 e. The maximum absolute atomic E-state index is 12.6. The molecule has 0 atom stereocenters. The van der Waals surface area contributed by atoms with Crippen LogP contribution in [0.15, 0.2) is 17.5 Å². The van der Waals surface area contributed by atoms with Crippen LogP contribution in [-0.4, -0.2) is 34.5 Å². The molecule has 0 radical (unpaired) electrons. The first-order chi connectivity index (χ1) is 9.65. The highest BCUT2D eigenvalue weighted by Gasteiger charge is 2.29. The summed E-state index contributed by atoms with van der Waals surface area (Å²) >= 11 is 3.06. The molecule has 106 valence electrons. The molecule has 0 saturated heterocycles. The molecular weight excluding hydrogens is 294 g/mol. The van der Waals surface area contributed by atoms with Crippen molar-refractivity contribution in [2.45, 2.75) is 31.7 Å². The molecule has 4 nitrogen and oxygen atoms in total. The number of rotatable bonds is 4. The normalized spacial score (nSPS) is 15.8. The van der Waals surface area contributed by atoms with Crippen molar-refractivity contribution in [3.63, 3.8) is 0 Å². The Labute approximate surface area is 124 Å². The Balaban J connectivity index is 1.86. The lowest BCUT2D eigenvalue weighted by molar-refractivity contribution is -0.138. The van der Waals surface area contributed by atoms with Gasteiger partial charge in [-0.05, 0) is 30.4 Å². The molecule has 3 rings (SSSR count). The first kappa shape index (κ1) is 13.6. The average molecular weight is 309 g/mol. The van der Waals surface area contributed by atoms with Gasteiger partial charge in [0.2, 0.25) is 0 Å². The molecule has 1 saturated carbocycles. The van der Waals surface area contributed by atoms with Crippen LogP contribution in [0.4, 0.5) is 0 Å². The monoisotopic (exact) mass is 309 g/mol. The highest BCUT2D eigenvalue weighted by Crippen LogP contribution is 2.32. The van der Waals surface area contributed by atoms with Gasteiger partial charge in [0, 0.05) is 15.4 Å². The first-order valence-electron chi connectivity index (χ1n) is 6.65. The zero-order valence-electron chi connectivity index (χ0n) is 10.9. The number of thiophene rings is 2.